The Morgan fingerprint density at radius 2 is 2.10 bits per heavy atom. The molecule has 2 amide bonds. The summed E-state index contributed by atoms with van der Waals surface area (Å²) in [6.45, 7) is 3.88. The highest BCUT2D eigenvalue weighted by Gasteiger charge is 2.46. The monoisotopic (exact) mass is 487 g/mol. The van der Waals surface area contributed by atoms with Crippen LogP contribution in [0.15, 0.2) is 39.9 Å². The number of nitrogens with zero attached hydrogens (tertiary/aromatic N) is 2. The Bertz CT molecular complexity index is 1010. The van der Waals surface area contributed by atoms with Crippen LogP contribution in [-0.4, -0.2) is 39.6 Å². The van der Waals surface area contributed by atoms with Gasteiger partial charge in [0.1, 0.15) is 11.4 Å². The minimum absolute atomic E-state index is 0.0236. The van der Waals surface area contributed by atoms with Crippen LogP contribution >= 0.6 is 15.9 Å². The van der Waals surface area contributed by atoms with Crippen LogP contribution in [0.2, 0.25) is 0 Å². The number of hydrogen-bond acceptors (Lipinski definition) is 5. The van der Waals surface area contributed by atoms with Gasteiger partial charge in [-0.2, -0.15) is 10.2 Å². The number of H-pyrrole nitrogens is 1. The Morgan fingerprint density at radius 3 is 2.77 bits per heavy atom. The molecule has 31 heavy (non-hydrogen) atoms. The number of aryl methyl sites for hydroxylation is 1. The molecule has 1 aromatic carbocycles. The normalized spacial score (nSPS) is 24.2. The Balaban J connectivity index is 1.40. The SMILES string of the molecule is Cc1cc(C(=O)N[C@@H](C)CC2CCC3(CC2)OC(=O)NN=C3c2ccccc2Br)n[nH]1. The van der Waals surface area contributed by atoms with Crippen molar-refractivity contribution in [2.75, 3.05) is 0 Å². The zero-order valence-corrected chi connectivity index (χ0v) is 19.2. The smallest absolute Gasteiger partial charge is 0.428 e. The molecular weight excluding hydrogens is 462 g/mol. The lowest BCUT2D eigenvalue weighted by molar-refractivity contribution is 0.0154. The van der Waals surface area contributed by atoms with Crippen LogP contribution in [-0.2, 0) is 4.74 Å². The number of aromatic nitrogens is 2. The number of ether oxygens (including phenoxy) is 1. The predicted molar refractivity (Wildman–Crippen MR) is 120 cm³/mol. The number of rotatable bonds is 5. The predicted octanol–water partition coefficient (Wildman–Crippen LogP) is 4.06. The third-order valence-electron chi connectivity index (χ3n) is 6.02. The first kappa shape index (κ1) is 21.5. The standard InChI is InChI=1S/C22H26BrN5O3/c1-13(24-20(29)18-12-14(2)25-26-18)11-15-7-9-22(10-8-15)19(27-28-21(30)31-22)16-5-3-4-6-17(16)23/h3-6,12-13,15H,7-11H2,1-2H3,(H,24,29)(H,25,26)(H,28,30)/t13-,15?,22?/m0/s1. The topological polar surface area (TPSA) is 108 Å². The molecule has 0 saturated heterocycles. The zero-order valence-electron chi connectivity index (χ0n) is 17.6. The average Bonchev–Trinajstić information content (AvgIpc) is 3.17. The molecule has 9 heteroatoms. The summed E-state index contributed by atoms with van der Waals surface area (Å²) in [5.41, 5.74) is 4.69. The van der Waals surface area contributed by atoms with E-state index in [4.69, 9.17) is 4.74 Å². The van der Waals surface area contributed by atoms with Gasteiger partial charge in [0.2, 0.25) is 0 Å². The minimum atomic E-state index is -0.720. The molecular formula is C22H26BrN5O3. The molecule has 3 N–H and O–H groups in total. The van der Waals surface area contributed by atoms with Gasteiger partial charge in [0.05, 0.1) is 0 Å². The van der Waals surface area contributed by atoms with Crippen molar-refractivity contribution in [1.29, 1.82) is 0 Å². The number of benzene rings is 1. The molecule has 164 valence electrons. The van der Waals surface area contributed by atoms with E-state index in [2.05, 4.69) is 42.0 Å². The van der Waals surface area contributed by atoms with Gasteiger partial charge in [-0.3, -0.25) is 9.89 Å². The molecule has 1 fully saturated rings. The molecule has 2 aromatic rings. The van der Waals surface area contributed by atoms with Crippen molar-refractivity contribution in [1.82, 2.24) is 20.9 Å². The lowest BCUT2D eigenvalue weighted by Gasteiger charge is -2.42. The Morgan fingerprint density at radius 1 is 1.35 bits per heavy atom. The summed E-state index contributed by atoms with van der Waals surface area (Å²) in [5.74, 6) is 0.260. The highest BCUT2D eigenvalue weighted by atomic mass is 79.9. The molecule has 1 aliphatic carbocycles. The minimum Gasteiger partial charge on any atom is -0.435 e. The van der Waals surface area contributed by atoms with E-state index in [1.54, 1.807) is 6.07 Å². The second-order valence-electron chi connectivity index (χ2n) is 8.43. The van der Waals surface area contributed by atoms with E-state index in [1.165, 1.54) is 0 Å². The number of hydrogen-bond donors (Lipinski definition) is 3. The van der Waals surface area contributed by atoms with Gasteiger partial charge in [-0.15, -0.1) is 0 Å². The summed E-state index contributed by atoms with van der Waals surface area (Å²) in [6, 6.07) is 9.59. The van der Waals surface area contributed by atoms with Gasteiger partial charge in [-0.1, -0.05) is 34.1 Å². The van der Waals surface area contributed by atoms with Crippen LogP contribution in [0, 0.1) is 12.8 Å². The quantitative estimate of drug-likeness (QED) is 0.590. The first-order valence-electron chi connectivity index (χ1n) is 10.5. The van der Waals surface area contributed by atoms with Crippen molar-refractivity contribution in [2.45, 2.75) is 57.6 Å². The van der Waals surface area contributed by atoms with Crippen LogP contribution in [0.25, 0.3) is 0 Å². The molecule has 0 radical (unpaired) electrons. The maximum absolute atomic E-state index is 12.3. The number of carbonyl (C=O) groups excluding carboxylic acids is 2. The maximum Gasteiger partial charge on any atom is 0.428 e. The molecule has 8 nitrogen and oxygen atoms in total. The van der Waals surface area contributed by atoms with Crippen LogP contribution in [0.5, 0.6) is 0 Å². The second kappa shape index (κ2) is 8.82. The number of hydrazone groups is 1. The van der Waals surface area contributed by atoms with Gasteiger partial charge in [0.25, 0.3) is 5.91 Å². The van der Waals surface area contributed by atoms with Crippen molar-refractivity contribution in [3.05, 3.63) is 51.8 Å². The van der Waals surface area contributed by atoms with Gasteiger partial charge in [-0.25, -0.2) is 10.2 Å². The number of carbonyl (C=O) groups is 2. The van der Waals surface area contributed by atoms with Gasteiger partial charge in [0, 0.05) is 21.8 Å². The summed E-state index contributed by atoms with van der Waals surface area (Å²) in [7, 11) is 0. The van der Waals surface area contributed by atoms with E-state index >= 15 is 0 Å². The molecule has 0 unspecified atom stereocenters. The molecule has 0 bridgehead atoms. The van der Waals surface area contributed by atoms with E-state index in [0.29, 0.717) is 24.5 Å². The van der Waals surface area contributed by atoms with Crippen molar-refractivity contribution in [2.24, 2.45) is 11.0 Å². The molecule has 1 aliphatic heterocycles. The molecule has 2 heterocycles. The molecule has 1 spiro atoms. The second-order valence-corrected chi connectivity index (χ2v) is 9.28. The van der Waals surface area contributed by atoms with E-state index < -0.39 is 11.7 Å². The Labute approximate surface area is 189 Å². The maximum atomic E-state index is 12.3. The number of nitrogens with one attached hydrogen (secondary N) is 3. The number of aromatic amines is 1. The lowest BCUT2D eigenvalue weighted by atomic mass is 9.73. The third-order valence-corrected chi connectivity index (χ3v) is 6.71. The van der Waals surface area contributed by atoms with Gasteiger partial charge in [-0.05, 0) is 64.0 Å². The fourth-order valence-corrected chi connectivity index (χ4v) is 4.99. The summed E-state index contributed by atoms with van der Waals surface area (Å²) in [5, 5.41) is 14.2. The Kier molecular flexibility index (Phi) is 6.13. The van der Waals surface area contributed by atoms with Crippen molar-refractivity contribution >= 4 is 33.6 Å². The van der Waals surface area contributed by atoms with Crippen LogP contribution in [0.3, 0.4) is 0 Å². The van der Waals surface area contributed by atoms with E-state index in [9.17, 15) is 9.59 Å². The van der Waals surface area contributed by atoms with E-state index in [0.717, 1.165) is 40.7 Å². The summed E-state index contributed by atoms with van der Waals surface area (Å²) < 4.78 is 6.75. The van der Waals surface area contributed by atoms with E-state index in [-0.39, 0.29) is 11.9 Å². The molecule has 2 aliphatic rings. The third kappa shape index (κ3) is 4.66. The fourth-order valence-electron chi connectivity index (χ4n) is 4.52. The molecule has 1 atom stereocenters. The van der Waals surface area contributed by atoms with Crippen LogP contribution < -0.4 is 10.7 Å². The van der Waals surface area contributed by atoms with Gasteiger partial charge >= 0.3 is 6.09 Å². The van der Waals surface area contributed by atoms with Crippen molar-refractivity contribution in [3.8, 4) is 0 Å². The van der Waals surface area contributed by atoms with Crippen LogP contribution in [0.1, 0.15) is 60.8 Å². The van der Waals surface area contributed by atoms with Gasteiger partial charge in [0.15, 0.2) is 5.60 Å². The summed E-state index contributed by atoms with van der Waals surface area (Å²) >= 11 is 3.59. The highest BCUT2D eigenvalue weighted by Crippen LogP contribution is 2.41. The number of amides is 2. The summed E-state index contributed by atoms with van der Waals surface area (Å²) in [4.78, 5) is 24.3. The average molecular weight is 488 g/mol. The molecule has 4 rings (SSSR count). The first-order chi connectivity index (χ1) is 14.9. The first-order valence-corrected chi connectivity index (χ1v) is 11.3. The van der Waals surface area contributed by atoms with Crippen LogP contribution in [0.4, 0.5) is 4.79 Å². The van der Waals surface area contributed by atoms with Crippen molar-refractivity contribution < 1.29 is 14.3 Å². The summed E-state index contributed by atoms with van der Waals surface area (Å²) in [6.07, 6.45) is 3.52. The molecule has 1 aromatic heterocycles. The van der Waals surface area contributed by atoms with Gasteiger partial charge < -0.3 is 10.1 Å². The fraction of sp³-hybridized carbons (Fsp3) is 0.455. The Hall–Kier alpha value is -2.68. The number of halogens is 1. The van der Waals surface area contributed by atoms with Crippen molar-refractivity contribution in [3.63, 3.8) is 0 Å². The largest absolute Gasteiger partial charge is 0.435 e. The zero-order chi connectivity index (χ0) is 22.0. The molecule has 1 saturated carbocycles. The van der Waals surface area contributed by atoms with E-state index in [1.807, 2.05) is 38.1 Å². The lowest BCUT2D eigenvalue weighted by Crippen LogP contribution is -2.52. The highest BCUT2D eigenvalue weighted by molar-refractivity contribution is 9.10.